The van der Waals surface area contributed by atoms with Gasteiger partial charge in [0.2, 0.25) is 0 Å². The molecule has 1 rings (SSSR count). The van der Waals surface area contributed by atoms with Gasteiger partial charge in [-0.15, -0.1) is 0 Å². The number of hydrogen-bond donors (Lipinski definition) is 1. The Morgan fingerprint density at radius 2 is 1.89 bits per heavy atom. The molecule has 0 unspecified atom stereocenters. The van der Waals surface area contributed by atoms with Crippen molar-refractivity contribution in [1.29, 1.82) is 0 Å². The summed E-state index contributed by atoms with van der Waals surface area (Å²) in [5.41, 5.74) is 0.234. The predicted molar refractivity (Wildman–Crippen MR) is 79.1 cm³/mol. The van der Waals surface area contributed by atoms with E-state index in [4.69, 9.17) is 4.74 Å². The van der Waals surface area contributed by atoms with Crippen LogP contribution in [0.1, 0.15) is 39.5 Å². The molecule has 1 aliphatic heterocycles. The van der Waals surface area contributed by atoms with E-state index in [1.165, 1.54) is 6.26 Å². The van der Waals surface area contributed by atoms with Gasteiger partial charge >= 0.3 is 0 Å². The summed E-state index contributed by atoms with van der Waals surface area (Å²) in [4.78, 5) is 0. The van der Waals surface area contributed by atoms with E-state index in [2.05, 4.69) is 19.2 Å². The average Bonchev–Trinajstić information content (AvgIpc) is 2.28. The van der Waals surface area contributed by atoms with Gasteiger partial charge in [-0.2, -0.15) is 0 Å². The van der Waals surface area contributed by atoms with E-state index in [0.717, 1.165) is 52.0 Å². The Hall–Kier alpha value is -0.130. The highest BCUT2D eigenvalue weighted by atomic mass is 32.2. The maximum atomic E-state index is 11.2. The molecule has 1 N–H and O–H groups in total. The normalized spacial score (nSPS) is 19.8. The summed E-state index contributed by atoms with van der Waals surface area (Å²) in [6, 6.07) is 0. The molecule has 0 aromatic heterocycles. The topological polar surface area (TPSA) is 55.4 Å². The number of ether oxygens (including phenoxy) is 1. The minimum atomic E-state index is -2.84. The molecule has 1 saturated heterocycles. The fourth-order valence-electron chi connectivity index (χ4n) is 2.65. The predicted octanol–water partition coefficient (Wildman–Crippen LogP) is 1.85. The minimum absolute atomic E-state index is 0.234. The fraction of sp³-hybridized carbons (Fsp3) is 1.00. The molecule has 1 heterocycles. The van der Waals surface area contributed by atoms with Gasteiger partial charge in [-0.05, 0) is 43.6 Å². The summed E-state index contributed by atoms with van der Waals surface area (Å²) < 4.78 is 27.9. The molecular weight excluding hydrogens is 262 g/mol. The second-order valence-electron chi connectivity index (χ2n) is 6.37. The summed E-state index contributed by atoms with van der Waals surface area (Å²) in [7, 11) is -2.84. The Morgan fingerprint density at radius 3 is 2.42 bits per heavy atom. The second-order valence-corrected chi connectivity index (χ2v) is 8.63. The van der Waals surface area contributed by atoms with Crippen molar-refractivity contribution < 1.29 is 13.2 Å². The molecule has 0 radical (unpaired) electrons. The molecule has 19 heavy (non-hydrogen) atoms. The Morgan fingerprint density at radius 1 is 1.26 bits per heavy atom. The first-order valence-electron chi connectivity index (χ1n) is 7.29. The van der Waals surface area contributed by atoms with Gasteiger partial charge < -0.3 is 10.1 Å². The lowest BCUT2D eigenvalue weighted by Crippen LogP contribution is -2.40. The SMILES string of the molecule is CC(C)CNCC1(CCCS(C)(=O)=O)CCOCC1. The van der Waals surface area contributed by atoms with Gasteiger partial charge in [0, 0.05) is 31.8 Å². The van der Waals surface area contributed by atoms with E-state index < -0.39 is 9.84 Å². The van der Waals surface area contributed by atoms with Gasteiger partial charge in [0.05, 0.1) is 0 Å². The zero-order chi connectivity index (χ0) is 14.4. The van der Waals surface area contributed by atoms with Crippen LogP contribution >= 0.6 is 0 Å². The molecule has 4 nitrogen and oxygen atoms in total. The van der Waals surface area contributed by atoms with Crippen LogP contribution in [0, 0.1) is 11.3 Å². The Balaban J connectivity index is 2.45. The number of rotatable bonds is 8. The average molecular weight is 291 g/mol. The molecule has 114 valence electrons. The van der Waals surface area contributed by atoms with E-state index >= 15 is 0 Å². The largest absolute Gasteiger partial charge is 0.381 e. The molecule has 1 aliphatic rings. The van der Waals surface area contributed by atoms with Gasteiger partial charge in [-0.3, -0.25) is 0 Å². The van der Waals surface area contributed by atoms with Crippen molar-refractivity contribution in [3.63, 3.8) is 0 Å². The van der Waals surface area contributed by atoms with Crippen LogP contribution < -0.4 is 5.32 Å². The van der Waals surface area contributed by atoms with E-state index in [1.54, 1.807) is 0 Å². The van der Waals surface area contributed by atoms with Crippen molar-refractivity contribution in [3.8, 4) is 0 Å². The fourth-order valence-corrected chi connectivity index (χ4v) is 3.32. The van der Waals surface area contributed by atoms with Crippen LogP contribution in [0.5, 0.6) is 0 Å². The summed E-state index contributed by atoms with van der Waals surface area (Å²) in [6.45, 7) is 8.03. The highest BCUT2D eigenvalue weighted by Gasteiger charge is 2.32. The first kappa shape index (κ1) is 16.9. The zero-order valence-electron chi connectivity index (χ0n) is 12.6. The van der Waals surface area contributed by atoms with Crippen LogP contribution in [0.25, 0.3) is 0 Å². The van der Waals surface area contributed by atoms with Crippen LogP contribution in [0.3, 0.4) is 0 Å². The molecule has 0 amide bonds. The Bertz CT molecular complexity index is 346. The first-order chi connectivity index (χ1) is 8.83. The molecule has 0 aliphatic carbocycles. The molecule has 0 atom stereocenters. The van der Waals surface area contributed by atoms with Crippen LogP contribution in [-0.4, -0.2) is 46.7 Å². The number of sulfone groups is 1. The van der Waals surface area contributed by atoms with Gasteiger partial charge in [0.25, 0.3) is 0 Å². The third kappa shape index (κ3) is 7.28. The lowest BCUT2D eigenvalue weighted by molar-refractivity contribution is 0.00995. The summed E-state index contributed by atoms with van der Waals surface area (Å²) >= 11 is 0. The Labute approximate surface area is 118 Å². The van der Waals surface area contributed by atoms with Crippen LogP contribution in [0.2, 0.25) is 0 Å². The van der Waals surface area contributed by atoms with Crippen molar-refractivity contribution >= 4 is 9.84 Å². The molecule has 1 fully saturated rings. The van der Waals surface area contributed by atoms with Crippen LogP contribution in [0.15, 0.2) is 0 Å². The van der Waals surface area contributed by atoms with E-state index in [-0.39, 0.29) is 5.41 Å². The second kappa shape index (κ2) is 7.60. The smallest absolute Gasteiger partial charge is 0.147 e. The van der Waals surface area contributed by atoms with Crippen molar-refractivity contribution in [2.24, 2.45) is 11.3 Å². The molecule has 0 bridgehead atoms. The lowest BCUT2D eigenvalue weighted by Gasteiger charge is -2.38. The van der Waals surface area contributed by atoms with Gasteiger partial charge in [-0.25, -0.2) is 8.42 Å². The first-order valence-corrected chi connectivity index (χ1v) is 9.35. The molecule has 0 aromatic rings. The third-order valence-corrected chi connectivity index (χ3v) is 4.86. The highest BCUT2D eigenvalue weighted by Crippen LogP contribution is 2.34. The number of hydrogen-bond acceptors (Lipinski definition) is 4. The van der Waals surface area contributed by atoms with Crippen molar-refractivity contribution in [3.05, 3.63) is 0 Å². The maximum absolute atomic E-state index is 11.2. The quantitative estimate of drug-likeness (QED) is 0.741. The van der Waals surface area contributed by atoms with Crippen LogP contribution in [0.4, 0.5) is 0 Å². The van der Waals surface area contributed by atoms with Gasteiger partial charge in [-0.1, -0.05) is 13.8 Å². The van der Waals surface area contributed by atoms with E-state index in [9.17, 15) is 8.42 Å². The maximum Gasteiger partial charge on any atom is 0.147 e. The van der Waals surface area contributed by atoms with Crippen LogP contribution in [-0.2, 0) is 14.6 Å². The molecule has 5 heteroatoms. The standard InChI is InChI=1S/C14H29NO3S/c1-13(2)11-15-12-14(6-8-18-9-7-14)5-4-10-19(3,16)17/h13,15H,4-12H2,1-3H3. The molecular formula is C14H29NO3S. The lowest BCUT2D eigenvalue weighted by atomic mass is 9.76. The molecule has 0 spiro atoms. The van der Waals surface area contributed by atoms with Crippen molar-refractivity contribution in [1.82, 2.24) is 5.32 Å². The zero-order valence-corrected chi connectivity index (χ0v) is 13.4. The summed E-state index contributed by atoms with van der Waals surface area (Å²) in [5.74, 6) is 0.952. The molecule has 0 aromatic carbocycles. The third-order valence-electron chi connectivity index (χ3n) is 3.83. The minimum Gasteiger partial charge on any atom is -0.381 e. The van der Waals surface area contributed by atoms with Gasteiger partial charge in [0.15, 0.2) is 0 Å². The highest BCUT2D eigenvalue weighted by molar-refractivity contribution is 7.90. The summed E-state index contributed by atoms with van der Waals surface area (Å²) in [6.07, 6.45) is 5.15. The van der Waals surface area contributed by atoms with Gasteiger partial charge in [0.1, 0.15) is 9.84 Å². The van der Waals surface area contributed by atoms with Crippen molar-refractivity contribution in [2.45, 2.75) is 39.5 Å². The summed E-state index contributed by atoms with van der Waals surface area (Å²) in [5, 5.41) is 3.54. The Kier molecular flexibility index (Phi) is 6.77. The number of nitrogens with one attached hydrogen (secondary N) is 1. The van der Waals surface area contributed by atoms with Crippen molar-refractivity contribution in [2.75, 3.05) is 38.3 Å². The van der Waals surface area contributed by atoms with E-state index in [1.807, 2.05) is 0 Å². The van der Waals surface area contributed by atoms with E-state index in [0.29, 0.717) is 11.7 Å². The molecule has 0 saturated carbocycles. The monoisotopic (exact) mass is 291 g/mol.